The van der Waals surface area contributed by atoms with Gasteiger partial charge < -0.3 is 65.1 Å². The molecule has 67 heavy (non-hydrogen) atoms. The summed E-state index contributed by atoms with van der Waals surface area (Å²) < 4.78 is 22.6. The molecule has 0 aromatic rings. The fraction of sp³-hybridized carbons (Fsp3) is 0.679. The van der Waals surface area contributed by atoms with E-state index in [0.29, 0.717) is 12.8 Å². The predicted octanol–water partition coefficient (Wildman–Crippen LogP) is 6.37. The van der Waals surface area contributed by atoms with E-state index in [9.17, 15) is 45.6 Å². The lowest BCUT2D eigenvalue weighted by Gasteiger charge is -2.46. The van der Waals surface area contributed by atoms with E-state index in [1.165, 1.54) is 0 Å². The molecular weight excluding hydrogens is 859 g/mol. The number of aliphatic hydroxyl groups excluding tert-OH is 8. The molecule has 2 rings (SSSR count). The molecule has 0 aliphatic carbocycles. The van der Waals surface area contributed by atoms with Gasteiger partial charge in [0.05, 0.1) is 32.0 Å². The highest BCUT2D eigenvalue weighted by molar-refractivity contribution is 5.76. The van der Waals surface area contributed by atoms with Crippen LogP contribution in [0.5, 0.6) is 0 Å². The van der Waals surface area contributed by atoms with Gasteiger partial charge in [0.15, 0.2) is 12.6 Å². The Morgan fingerprint density at radius 2 is 1.00 bits per heavy atom. The maximum atomic E-state index is 13.1. The first kappa shape index (κ1) is 60.0. The first-order valence-corrected chi connectivity index (χ1v) is 25.0. The lowest BCUT2D eigenvalue weighted by Crippen LogP contribution is -2.65. The van der Waals surface area contributed by atoms with Crippen molar-refractivity contribution in [2.45, 2.75) is 209 Å². The fourth-order valence-corrected chi connectivity index (χ4v) is 7.47. The van der Waals surface area contributed by atoms with Crippen molar-refractivity contribution in [1.29, 1.82) is 0 Å². The summed E-state index contributed by atoms with van der Waals surface area (Å²) in [5.41, 5.74) is 0. The van der Waals surface area contributed by atoms with Crippen LogP contribution in [0.2, 0.25) is 0 Å². The van der Waals surface area contributed by atoms with E-state index in [1.54, 1.807) is 6.08 Å². The monoisotopic (exact) mass is 946 g/mol. The standard InChI is InChI=1S/C53H87NO13/c1-3-5-7-9-11-13-15-16-17-18-19-20-21-22-23-24-25-26-27-29-31-33-35-37-45(58)54-41(42(57)36-34-32-30-28-14-12-10-8-6-4-2)40-64-52-50(63)48(61)51(44(39-56)66-52)67-53-49(62)47(60)46(59)43(38-55)65-53/h5-8,11,13-14,16-17,19-20,22-23,28,34,36,41-44,46-53,55-57,59-63H,3-4,9-10,12,15,18,21,24-27,29-33,35,37-40H2,1-2H3,(H,54,58)/b7-5-,8-6+,13-11-,17-16-,20-19-,23-22-,28-14+,36-34+. The summed E-state index contributed by atoms with van der Waals surface area (Å²) >= 11 is 0. The summed E-state index contributed by atoms with van der Waals surface area (Å²) in [4.78, 5) is 13.1. The normalized spacial score (nSPS) is 27.4. The van der Waals surface area contributed by atoms with Gasteiger partial charge in [-0.05, 0) is 83.5 Å². The first-order chi connectivity index (χ1) is 32.6. The third kappa shape index (κ3) is 25.9. The van der Waals surface area contributed by atoms with Gasteiger partial charge in [-0.1, -0.05) is 143 Å². The number of carbonyl (C=O) groups excluding carboxylic acids is 1. The van der Waals surface area contributed by atoms with Crippen LogP contribution in [0.4, 0.5) is 0 Å². The highest BCUT2D eigenvalue weighted by atomic mass is 16.7. The topological polar surface area (TPSA) is 228 Å². The van der Waals surface area contributed by atoms with Crippen LogP contribution in [0.1, 0.15) is 136 Å². The molecule has 0 aromatic heterocycles. The molecule has 2 aliphatic heterocycles. The number of amides is 1. The average Bonchev–Trinajstić information content (AvgIpc) is 3.32. The molecule has 1 amide bonds. The third-order valence-corrected chi connectivity index (χ3v) is 11.5. The van der Waals surface area contributed by atoms with Crippen molar-refractivity contribution in [2.75, 3.05) is 19.8 Å². The van der Waals surface area contributed by atoms with Gasteiger partial charge >= 0.3 is 0 Å². The summed E-state index contributed by atoms with van der Waals surface area (Å²) in [7, 11) is 0. The van der Waals surface area contributed by atoms with Crippen molar-refractivity contribution in [1.82, 2.24) is 5.32 Å². The number of aliphatic hydroxyl groups is 8. The Bertz CT molecular complexity index is 1490. The quantitative estimate of drug-likeness (QED) is 0.0246. The molecule has 14 nitrogen and oxygen atoms in total. The van der Waals surface area contributed by atoms with Gasteiger partial charge in [-0.2, -0.15) is 0 Å². The summed E-state index contributed by atoms with van der Waals surface area (Å²) in [6.07, 6.45) is 34.6. The van der Waals surface area contributed by atoms with Crippen LogP contribution in [0.15, 0.2) is 97.2 Å². The Hall–Kier alpha value is -3.09. The average molecular weight is 946 g/mol. The first-order valence-electron chi connectivity index (χ1n) is 25.0. The van der Waals surface area contributed by atoms with E-state index >= 15 is 0 Å². The largest absolute Gasteiger partial charge is 0.394 e. The molecule has 382 valence electrons. The lowest BCUT2D eigenvalue weighted by molar-refractivity contribution is -0.359. The Morgan fingerprint density at radius 1 is 0.537 bits per heavy atom. The van der Waals surface area contributed by atoms with E-state index in [0.717, 1.165) is 103 Å². The number of hydrogen-bond acceptors (Lipinski definition) is 13. The zero-order valence-corrected chi connectivity index (χ0v) is 40.3. The summed E-state index contributed by atoms with van der Waals surface area (Å²) in [6.45, 7) is 2.48. The number of ether oxygens (including phenoxy) is 4. The molecule has 2 aliphatic rings. The molecule has 0 aromatic carbocycles. The van der Waals surface area contributed by atoms with E-state index in [-0.39, 0.29) is 18.9 Å². The number of allylic oxidation sites excluding steroid dienone is 15. The highest BCUT2D eigenvalue weighted by Gasteiger charge is 2.51. The van der Waals surface area contributed by atoms with Gasteiger partial charge in [0, 0.05) is 6.42 Å². The van der Waals surface area contributed by atoms with Crippen LogP contribution in [0.25, 0.3) is 0 Å². The maximum Gasteiger partial charge on any atom is 0.220 e. The van der Waals surface area contributed by atoms with Crippen LogP contribution in [0, 0.1) is 0 Å². The van der Waals surface area contributed by atoms with Crippen molar-refractivity contribution < 1.29 is 64.6 Å². The number of hydrogen-bond donors (Lipinski definition) is 9. The van der Waals surface area contributed by atoms with Gasteiger partial charge in [0.25, 0.3) is 0 Å². The van der Waals surface area contributed by atoms with E-state index in [4.69, 9.17) is 18.9 Å². The van der Waals surface area contributed by atoms with Crippen molar-refractivity contribution in [2.24, 2.45) is 0 Å². The number of unbranched alkanes of at least 4 members (excludes halogenated alkanes) is 9. The zero-order valence-electron chi connectivity index (χ0n) is 40.3. The van der Waals surface area contributed by atoms with Gasteiger partial charge in [0.1, 0.15) is 48.8 Å². The van der Waals surface area contributed by atoms with Gasteiger partial charge in [-0.25, -0.2) is 0 Å². The van der Waals surface area contributed by atoms with Crippen LogP contribution in [0.3, 0.4) is 0 Å². The lowest BCUT2D eigenvalue weighted by atomic mass is 9.97. The molecule has 9 N–H and O–H groups in total. The minimum absolute atomic E-state index is 0.250. The van der Waals surface area contributed by atoms with Crippen molar-refractivity contribution in [3.05, 3.63) is 97.2 Å². The molecule has 12 unspecified atom stereocenters. The van der Waals surface area contributed by atoms with Crippen LogP contribution in [-0.2, 0) is 23.7 Å². The Kier molecular flexibility index (Phi) is 34.7. The zero-order chi connectivity index (χ0) is 48.9. The predicted molar refractivity (Wildman–Crippen MR) is 262 cm³/mol. The molecular formula is C53H87NO13. The molecule has 0 radical (unpaired) electrons. The van der Waals surface area contributed by atoms with E-state index < -0.39 is 86.8 Å². The molecule has 0 saturated carbocycles. The molecule has 0 bridgehead atoms. The van der Waals surface area contributed by atoms with E-state index in [2.05, 4.69) is 104 Å². The van der Waals surface area contributed by atoms with Gasteiger partial charge in [0.2, 0.25) is 5.91 Å². The third-order valence-electron chi connectivity index (χ3n) is 11.5. The second-order valence-electron chi connectivity index (χ2n) is 17.2. The number of nitrogens with one attached hydrogen (secondary N) is 1. The summed E-state index contributed by atoms with van der Waals surface area (Å²) in [5.74, 6) is -0.274. The van der Waals surface area contributed by atoms with Crippen molar-refractivity contribution in [3.63, 3.8) is 0 Å². The van der Waals surface area contributed by atoms with Crippen molar-refractivity contribution >= 4 is 5.91 Å². The van der Waals surface area contributed by atoms with Crippen LogP contribution >= 0.6 is 0 Å². The maximum absolute atomic E-state index is 13.1. The molecule has 2 saturated heterocycles. The summed E-state index contributed by atoms with van der Waals surface area (Å²) in [5, 5.41) is 86.5. The van der Waals surface area contributed by atoms with Gasteiger partial charge in [-0.15, -0.1) is 0 Å². The molecule has 0 spiro atoms. The van der Waals surface area contributed by atoms with E-state index in [1.807, 2.05) is 6.08 Å². The molecule has 12 atom stereocenters. The second-order valence-corrected chi connectivity index (χ2v) is 17.2. The Morgan fingerprint density at radius 3 is 1.58 bits per heavy atom. The second kappa shape index (κ2) is 38.7. The molecule has 2 fully saturated rings. The fourth-order valence-electron chi connectivity index (χ4n) is 7.47. The molecule has 14 heteroatoms. The molecule has 2 heterocycles. The van der Waals surface area contributed by atoms with Crippen LogP contribution < -0.4 is 5.32 Å². The van der Waals surface area contributed by atoms with Gasteiger partial charge in [-0.3, -0.25) is 4.79 Å². The van der Waals surface area contributed by atoms with Crippen LogP contribution in [-0.4, -0.2) is 140 Å². The Balaban J connectivity index is 1.80. The smallest absolute Gasteiger partial charge is 0.220 e. The highest BCUT2D eigenvalue weighted by Crippen LogP contribution is 2.30. The number of carbonyl (C=O) groups is 1. The Labute approximate surface area is 401 Å². The number of rotatable bonds is 36. The SMILES string of the molecule is CC/C=C\C/C=C\C/C=C\C/C=C\C/C=C\CCCCCCCCCC(=O)NC(COC1OC(CO)C(OC2OC(CO)C(O)C(O)C2O)C(O)C1O)C(O)/C=C/CC/C=C/CC/C=C/CC. The minimum Gasteiger partial charge on any atom is -0.394 e. The van der Waals surface area contributed by atoms with Crippen molar-refractivity contribution in [3.8, 4) is 0 Å². The minimum atomic E-state index is -1.80. The summed E-state index contributed by atoms with van der Waals surface area (Å²) in [6, 6.07) is -0.948.